The van der Waals surface area contributed by atoms with E-state index in [1.807, 2.05) is 72.9 Å². The molecule has 0 radical (unpaired) electrons. The molecule has 1 heterocycles. The monoisotopic (exact) mass is 373 g/mol. The van der Waals surface area contributed by atoms with Crippen LogP contribution in [-0.2, 0) is 4.79 Å². The largest absolute Gasteiger partial charge is 0.484 e. The van der Waals surface area contributed by atoms with Gasteiger partial charge in [-0.2, -0.15) is 0 Å². The van der Waals surface area contributed by atoms with Crippen molar-refractivity contribution in [1.82, 2.24) is 5.32 Å². The molecule has 2 aromatic rings. The van der Waals surface area contributed by atoms with Crippen LogP contribution >= 0.6 is 23.5 Å². The summed E-state index contributed by atoms with van der Waals surface area (Å²) in [5, 5.41) is 2.96. The van der Waals surface area contributed by atoms with E-state index in [9.17, 15) is 4.79 Å². The molecule has 0 aromatic heterocycles. The van der Waals surface area contributed by atoms with Crippen molar-refractivity contribution in [3.63, 3.8) is 0 Å². The Balaban J connectivity index is 1.47. The molecule has 3 rings (SSSR count). The van der Waals surface area contributed by atoms with E-state index in [-0.39, 0.29) is 18.6 Å². The minimum absolute atomic E-state index is 0.0278. The number of amides is 1. The van der Waals surface area contributed by atoms with Crippen LogP contribution in [0.2, 0.25) is 0 Å². The first-order valence-corrected chi connectivity index (χ1v) is 10.6. The molecule has 1 unspecified atom stereocenters. The van der Waals surface area contributed by atoms with Gasteiger partial charge in [0.25, 0.3) is 5.91 Å². The third kappa shape index (κ3) is 5.44. The molecule has 132 valence electrons. The molecule has 1 aliphatic rings. The fourth-order valence-corrected chi connectivity index (χ4v) is 5.55. The first kappa shape index (κ1) is 18.2. The Bertz CT molecular complexity index is 670. The van der Waals surface area contributed by atoms with Crippen LogP contribution in [0, 0.1) is 0 Å². The topological polar surface area (TPSA) is 38.3 Å². The van der Waals surface area contributed by atoms with Crippen molar-refractivity contribution in [2.24, 2.45) is 0 Å². The average molecular weight is 374 g/mol. The first-order chi connectivity index (χ1) is 12.2. The van der Waals surface area contributed by atoms with Crippen molar-refractivity contribution >= 4 is 29.4 Å². The second-order valence-electron chi connectivity index (χ2n) is 5.98. The summed E-state index contributed by atoms with van der Waals surface area (Å²) in [5.74, 6) is 3.08. The molecule has 5 heteroatoms. The normalized spacial score (nSPS) is 16.2. The molecule has 0 bridgehead atoms. The third-order valence-corrected chi connectivity index (χ3v) is 7.04. The molecule has 2 aromatic carbocycles. The summed E-state index contributed by atoms with van der Waals surface area (Å²) in [5.41, 5.74) is 2.41. The Morgan fingerprint density at radius 1 is 1.12 bits per heavy atom. The highest BCUT2D eigenvalue weighted by Gasteiger charge is 2.16. The molecule has 1 N–H and O–H groups in total. The summed E-state index contributed by atoms with van der Waals surface area (Å²) < 4.78 is 6.15. The molecule has 3 nitrogen and oxygen atoms in total. The minimum Gasteiger partial charge on any atom is -0.484 e. The Hall–Kier alpha value is -1.59. The van der Waals surface area contributed by atoms with Crippen LogP contribution in [-0.4, -0.2) is 24.0 Å². The highest BCUT2D eigenvalue weighted by Crippen LogP contribution is 2.43. The summed E-state index contributed by atoms with van der Waals surface area (Å²) in [4.78, 5) is 12.1. The number of ether oxygens (including phenoxy) is 1. The summed E-state index contributed by atoms with van der Waals surface area (Å²) in [7, 11) is 0. The number of carbonyl (C=O) groups is 1. The molecule has 0 saturated carbocycles. The van der Waals surface area contributed by atoms with Crippen molar-refractivity contribution in [2.45, 2.75) is 24.0 Å². The maximum atomic E-state index is 12.1. The van der Waals surface area contributed by atoms with Crippen LogP contribution < -0.4 is 10.1 Å². The van der Waals surface area contributed by atoms with Crippen LogP contribution in [0.3, 0.4) is 0 Å². The molecule has 1 fully saturated rings. The number of thioether (sulfide) groups is 2. The van der Waals surface area contributed by atoms with E-state index in [4.69, 9.17) is 4.74 Å². The molecule has 1 saturated heterocycles. The second-order valence-corrected chi connectivity index (χ2v) is 8.71. The van der Waals surface area contributed by atoms with Gasteiger partial charge in [-0.1, -0.05) is 42.5 Å². The van der Waals surface area contributed by atoms with Crippen LogP contribution in [0.15, 0.2) is 54.6 Å². The van der Waals surface area contributed by atoms with E-state index in [1.54, 1.807) is 0 Å². The zero-order chi connectivity index (χ0) is 17.5. The third-order valence-electron chi connectivity index (χ3n) is 4.03. The van der Waals surface area contributed by atoms with Gasteiger partial charge in [-0.3, -0.25) is 4.79 Å². The van der Waals surface area contributed by atoms with Gasteiger partial charge in [-0.15, -0.1) is 23.5 Å². The molecule has 1 atom stereocenters. The molecule has 0 aliphatic carbocycles. The van der Waals surface area contributed by atoms with E-state index < -0.39 is 0 Å². The van der Waals surface area contributed by atoms with Gasteiger partial charge in [0.05, 0.1) is 10.6 Å². The maximum Gasteiger partial charge on any atom is 0.258 e. The van der Waals surface area contributed by atoms with Gasteiger partial charge in [0, 0.05) is 0 Å². The predicted octanol–water partition coefficient (Wildman–Crippen LogP) is 4.81. The number of carbonyl (C=O) groups excluding carboxylic acids is 1. The van der Waals surface area contributed by atoms with Crippen LogP contribution in [0.4, 0.5) is 0 Å². The minimum atomic E-state index is -0.112. The molecule has 1 amide bonds. The Morgan fingerprint density at radius 3 is 2.48 bits per heavy atom. The van der Waals surface area contributed by atoms with E-state index >= 15 is 0 Å². The molecule has 0 spiro atoms. The average Bonchev–Trinajstić information content (AvgIpc) is 2.68. The highest BCUT2D eigenvalue weighted by atomic mass is 32.2. The summed E-state index contributed by atoms with van der Waals surface area (Å²) in [6.07, 6.45) is 1.30. The first-order valence-electron chi connectivity index (χ1n) is 8.52. The van der Waals surface area contributed by atoms with Gasteiger partial charge in [0.2, 0.25) is 0 Å². The molecular weight excluding hydrogens is 350 g/mol. The number of hydrogen-bond acceptors (Lipinski definition) is 4. The van der Waals surface area contributed by atoms with Crippen molar-refractivity contribution in [1.29, 1.82) is 0 Å². The lowest BCUT2D eigenvalue weighted by atomic mass is 10.1. The van der Waals surface area contributed by atoms with Gasteiger partial charge in [0.1, 0.15) is 5.75 Å². The van der Waals surface area contributed by atoms with Crippen molar-refractivity contribution in [3.05, 3.63) is 65.7 Å². The number of benzene rings is 2. The zero-order valence-electron chi connectivity index (χ0n) is 14.3. The van der Waals surface area contributed by atoms with E-state index in [1.165, 1.54) is 23.5 Å². The SMILES string of the molecule is CC(NC(=O)COc1ccc(C2SCCCS2)cc1)c1ccccc1. The quantitative estimate of drug-likeness (QED) is 0.788. The summed E-state index contributed by atoms with van der Waals surface area (Å²) >= 11 is 4.01. The van der Waals surface area contributed by atoms with E-state index in [2.05, 4.69) is 17.4 Å². The lowest BCUT2D eigenvalue weighted by Crippen LogP contribution is -2.31. The van der Waals surface area contributed by atoms with Gasteiger partial charge < -0.3 is 10.1 Å². The predicted molar refractivity (Wildman–Crippen MR) is 107 cm³/mol. The lowest BCUT2D eigenvalue weighted by Gasteiger charge is -2.21. The Labute approximate surface area is 157 Å². The summed E-state index contributed by atoms with van der Waals surface area (Å²) in [6, 6.07) is 18.0. The van der Waals surface area contributed by atoms with Gasteiger partial charge in [-0.05, 0) is 48.1 Å². The molecule has 25 heavy (non-hydrogen) atoms. The molecular formula is C20H23NO2S2. The summed E-state index contributed by atoms with van der Waals surface area (Å²) in [6.45, 7) is 2.00. The number of hydrogen-bond donors (Lipinski definition) is 1. The van der Waals surface area contributed by atoms with Gasteiger partial charge >= 0.3 is 0 Å². The highest BCUT2D eigenvalue weighted by molar-refractivity contribution is 8.16. The van der Waals surface area contributed by atoms with Gasteiger partial charge in [-0.25, -0.2) is 0 Å². The van der Waals surface area contributed by atoms with Crippen molar-refractivity contribution in [3.8, 4) is 5.75 Å². The van der Waals surface area contributed by atoms with Crippen molar-refractivity contribution < 1.29 is 9.53 Å². The Morgan fingerprint density at radius 2 is 1.80 bits per heavy atom. The fraction of sp³-hybridized carbons (Fsp3) is 0.350. The fourth-order valence-electron chi connectivity index (χ4n) is 2.66. The lowest BCUT2D eigenvalue weighted by molar-refractivity contribution is -0.123. The van der Waals surface area contributed by atoms with Crippen molar-refractivity contribution in [2.75, 3.05) is 18.1 Å². The number of nitrogens with one attached hydrogen (secondary N) is 1. The van der Waals surface area contributed by atoms with Crippen LogP contribution in [0.1, 0.15) is 35.1 Å². The second kappa shape index (κ2) is 9.20. The van der Waals surface area contributed by atoms with E-state index in [0.717, 1.165) is 11.3 Å². The van der Waals surface area contributed by atoms with Crippen LogP contribution in [0.5, 0.6) is 5.75 Å². The Kier molecular flexibility index (Phi) is 6.70. The maximum absolute atomic E-state index is 12.1. The van der Waals surface area contributed by atoms with E-state index in [0.29, 0.717) is 4.58 Å². The van der Waals surface area contributed by atoms with Crippen LogP contribution in [0.25, 0.3) is 0 Å². The molecule has 1 aliphatic heterocycles. The van der Waals surface area contributed by atoms with Gasteiger partial charge in [0.15, 0.2) is 6.61 Å². The zero-order valence-corrected chi connectivity index (χ0v) is 15.9. The smallest absolute Gasteiger partial charge is 0.258 e. The number of rotatable bonds is 6. The standard InChI is InChI=1S/C20H23NO2S2/c1-15(16-6-3-2-4-7-16)21-19(22)14-23-18-10-8-17(9-11-18)20-24-12-5-13-25-20/h2-4,6-11,15,20H,5,12-14H2,1H3,(H,21,22).